The lowest BCUT2D eigenvalue weighted by Gasteiger charge is -2.15. The third-order valence-corrected chi connectivity index (χ3v) is 4.01. The molecule has 4 nitrogen and oxygen atoms in total. The van der Waals surface area contributed by atoms with Crippen LogP contribution in [-0.2, 0) is 6.42 Å². The van der Waals surface area contributed by atoms with E-state index in [1.54, 1.807) is 0 Å². The summed E-state index contributed by atoms with van der Waals surface area (Å²) in [7, 11) is 0. The molecule has 0 radical (unpaired) electrons. The van der Waals surface area contributed by atoms with E-state index in [-0.39, 0.29) is 0 Å². The van der Waals surface area contributed by atoms with Gasteiger partial charge in [-0.15, -0.1) is 0 Å². The van der Waals surface area contributed by atoms with E-state index in [1.165, 1.54) is 0 Å². The Morgan fingerprint density at radius 2 is 2.31 bits per heavy atom. The highest BCUT2D eigenvalue weighted by Crippen LogP contribution is 2.31. The second-order valence-electron chi connectivity index (χ2n) is 4.11. The minimum atomic E-state index is 0.392. The number of aryl methyl sites for hydroxylation is 1. The molecule has 2 heterocycles. The van der Waals surface area contributed by atoms with Crippen LogP contribution in [0.15, 0.2) is 4.52 Å². The zero-order valence-electron chi connectivity index (χ0n) is 9.90. The summed E-state index contributed by atoms with van der Waals surface area (Å²) in [6, 6.07) is 0.491. The van der Waals surface area contributed by atoms with E-state index < -0.39 is 0 Å². The lowest BCUT2D eigenvalue weighted by atomic mass is 10.0. The van der Waals surface area contributed by atoms with Crippen molar-refractivity contribution in [3.05, 3.63) is 11.7 Å². The maximum absolute atomic E-state index is 5.36. The number of nitrogens with zero attached hydrogens (tertiary/aromatic N) is 2. The van der Waals surface area contributed by atoms with Crippen molar-refractivity contribution in [2.45, 2.75) is 38.6 Å². The van der Waals surface area contributed by atoms with Crippen molar-refractivity contribution in [1.29, 1.82) is 0 Å². The molecule has 2 unspecified atom stereocenters. The average molecular weight is 241 g/mol. The van der Waals surface area contributed by atoms with Crippen LogP contribution >= 0.6 is 11.8 Å². The smallest absolute Gasteiger partial charge is 0.232 e. The van der Waals surface area contributed by atoms with Crippen LogP contribution in [0.2, 0.25) is 0 Å². The third-order valence-electron chi connectivity index (χ3n) is 2.82. The first kappa shape index (κ1) is 11.9. The van der Waals surface area contributed by atoms with Gasteiger partial charge in [-0.1, -0.05) is 19.0 Å². The summed E-state index contributed by atoms with van der Waals surface area (Å²) >= 11 is 1.96. The van der Waals surface area contributed by atoms with E-state index in [9.17, 15) is 0 Å². The Morgan fingerprint density at radius 3 is 3.06 bits per heavy atom. The normalized spacial score (nSPS) is 25.1. The van der Waals surface area contributed by atoms with E-state index in [0.29, 0.717) is 12.0 Å². The number of hydrogen-bond donors (Lipinski definition) is 1. The predicted molar refractivity (Wildman–Crippen MR) is 65.8 cm³/mol. The number of likely N-dealkylation sites (N-methyl/N-ethyl adjacent to an activating group) is 1. The van der Waals surface area contributed by atoms with E-state index >= 15 is 0 Å². The van der Waals surface area contributed by atoms with Crippen molar-refractivity contribution in [3.8, 4) is 0 Å². The van der Waals surface area contributed by atoms with Crippen molar-refractivity contribution in [2.75, 3.05) is 18.1 Å². The molecule has 2 rings (SSSR count). The molecule has 1 saturated heterocycles. The summed E-state index contributed by atoms with van der Waals surface area (Å²) in [5, 5.41) is 7.51. The molecular weight excluding hydrogens is 222 g/mol. The van der Waals surface area contributed by atoms with E-state index in [1.807, 2.05) is 11.8 Å². The lowest BCUT2D eigenvalue weighted by molar-refractivity contribution is 0.337. The Hall–Kier alpha value is -0.550. The molecule has 5 heteroatoms. The molecule has 0 spiro atoms. The molecule has 0 aromatic carbocycles. The first-order valence-corrected chi connectivity index (χ1v) is 7.14. The maximum Gasteiger partial charge on any atom is 0.232 e. The molecule has 1 aromatic heterocycles. The zero-order valence-corrected chi connectivity index (χ0v) is 10.7. The van der Waals surface area contributed by atoms with Crippen LogP contribution in [0.25, 0.3) is 0 Å². The highest BCUT2D eigenvalue weighted by molar-refractivity contribution is 7.99. The minimum absolute atomic E-state index is 0.392. The largest absolute Gasteiger partial charge is 0.339 e. The summed E-state index contributed by atoms with van der Waals surface area (Å²) < 4.78 is 5.36. The molecule has 90 valence electrons. The van der Waals surface area contributed by atoms with Crippen LogP contribution in [0, 0.1) is 0 Å². The number of hydrogen-bond acceptors (Lipinski definition) is 5. The summed E-state index contributed by atoms with van der Waals surface area (Å²) in [5.74, 6) is 4.29. The van der Waals surface area contributed by atoms with Crippen LogP contribution in [0.4, 0.5) is 0 Å². The average Bonchev–Trinajstić information content (AvgIpc) is 2.87. The summed E-state index contributed by atoms with van der Waals surface area (Å²) in [6.07, 6.45) is 1.98. The fourth-order valence-electron chi connectivity index (χ4n) is 2.00. The minimum Gasteiger partial charge on any atom is -0.339 e. The van der Waals surface area contributed by atoms with Crippen molar-refractivity contribution in [1.82, 2.24) is 15.5 Å². The molecule has 0 bridgehead atoms. The molecule has 1 aliphatic heterocycles. The van der Waals surface area contributed by atoms with Gasteiger partial charge in [0.25, 0.3) is 0 Å². The van der Waals surface area contributed by atoms with Gasteiger partial charge in [0, 0.05) is 24.0 Å². The number of rotatable bonds is 5. The standard InChI is InChI=1S/C11H19N3OS/c1-3-5-10-13-11(15-14-10)8-6-16-7-9(8)12-4-2/h8-9,12H,3-7H2,1-2H3. The first-order chi connectivity index (χ1) is 7.85. The van der Waals surface area contributed by atoms with Gasteiger partial charge >= 0.3 is 0 Å². The summed E-state index contributed by atoms with van der Waals surface area (Å²) in [4.78, 5) is 4.48. The van der Waals surface area contributed by atoms with Crippen molar-refractivity contribution in [3.63, 3.8) is 0 Å². The van der Waals surface area contributed by atoms with E-state index in [4.69, 9.17) is 4.52 Å². The van der Waals surface area contributed by atoms with Gasteiger partial charge in [-0.2, -0.15) is 16.7 Å². The highest BCUT2D eigenvalue weighted by atomic mass is 32.2. The number of nitrogens with one attached hydrogen (secondary N) is 1. The molecule has 2 atom stereocenters. The highest BCUT2D eigenvalue weighted by Gasteiger charge is 2.32. The maximum atomic E-state index is 5.36. The van der Waals surface area contributed by atoms with Crippen LogP contribution in [-0.4, -0.2) is 34.2 Å². The quantitative estimate of drug-likeness (QED) is 0.852. The lowest BCUT2D eigenvalue weighted by Crippen LogP contribution is -2.34. The van der Waals surface area contributed by atoms with E-state index in [2.05, 4.69) is 29.3 Å². The third kappa shape index (κ3) is 2.58. The summed E-state index contributed by atoms with van der Waals surface area (Å²) in [6.45, 7) is 5.26. The second-order valence-corrected chi connectivity index (χ2v) is 5.18. The van der Waals surface area contributed by atoms with Gasteiger partial charge in [0.05, 0.1) is 5.92 Å². The monoisotopic (exact) mass is 241 g/mol. The molecule has 0 saturated carbocycles. The SMILES string of the molecule is CCCc1noc(C2CSCC2NCC)n1. The van der Waals surface area contributed by atoms with Gasteiger partial charge in [0.15, 0.2) is 5.82 Å². The molecule has 1 N–H and O–H groups in total. The Bertz CT molecular complexity index is 329. The van der Waals surface area contributed by atoms with Gasteiger partial charge in [-0.25, -0.2) is 0 Å². The fraction of sp³-hybridized carbons (Fsp3) is 0.818. The van der Waals surface area contributed by atoms with Gasteiger partial charge in [0.1, 0.15) is 0 Å². The second kappa shape index (κ2) is 5.68. The van der Waals surface area contributed by atoms with Crippen molar-refractivity contribution < 1.29 is 4.52 Å². The van der Waals surface area contributed by atoms with Gasteiger partial charge < -0.3 is 9.84 Å². The Kier molecular flexibility index (Phi) is 4.23. The Morgan fingerprint density at radius 1 is 1.44 bits per heavy atom. The Balaban J connectivity index is 2.04. The van der Waals surface area contributed by atoms with Crippen LogP contribution in [0.5, 0.6) is 0 Å². The van der Waals surface area contributed by atoms with Gasteiger partial charge in [-0.3, -0.25) is 0 Å². The first-order valence-electron chi connectivity index (χ1n) is 5.98. The number of thioether (sulfide) groups is 1. The van der Waals surface area contributed by atoms with Crippen LogP contribution < -0.4 is 5.32 Å². The predicted octanol–water partition coefficient (Wildman–Crippen LogP) is 1.83. The number of aromatic nitrogens is 2. The molecule has 0 aliphatic carbocycles. The molecule has 1 aromatic rings. The van der Waals surface area contributed by atoms with E-state index in [0.717, 1.165) is 42.6 Å². The molecule has 16 heavy (non-hydrogen) atoms. The zero-order chi connectivity index (χ0) is 11.4. The van der Waals surface area contributed by atoms with Crippen molar-refractivity contribution in [2.24, 2.45) is 0 Å². The van der Waals surface area contributed by atoms with Crippen LogP contribution in [0.3, 0.4) is 0 Å². The van der Waals surface area contributed by atoms with Gasteiger partial charge in [-0.05, 0) is 13.0 Å². The summed E-state index contributed by atoms with van der Waals surface area (Å²) in [5.41, 5.74) is 0. The molecule has 0 amide bonds. The molecule has 1 fully saturated rings. The molecule has 1 aliphatic rings. The fourth-order valence-corrected chi connectivity index (χ4v) is 3.37. The van der Waals surface area contributed by atoms with Crippen LogP contribution in [0.1, 0.15) is 37.9 Å². The van der Waals surface area contributed by atoms with Crippen molar-refractivity contribution >= 4 is 11.8 Å². The molecular formula is C11H19N3OS. The van der Waals surface area contributed by atoms with Gasteiger partial charge in [0.2, 0.25) is 5.89 Å². The topological polar surface area (TPSA) is 51.0 Å². The Labute approximate surface area is 101 Å².